The largest absolute Gasteiger partial charge is 0.463 e. The number of methoxy groups -OCH3 is 1. The Kier molecular flexibility index (Phi) is 2.61. The fraction of sp³-hybridized carbons (Fsp3) is 0.143. The zero-order chi connectivity index (χ0) is 10.7. The Morgan fingerprint density at radius 2 is 2.00 bits per heavy atom. The molecule has 1 rings (SSSR count). The van der Waals surface area contributed by atoms with Gasteiger partial charge in [0.25, 0.3) is 11.3 Å². The van der Waals surface area contributed by atoms with Crippen LogP contribution in [0, 0.1) is 0 Å². The summed E-state index contributed by atoms with van der Waals surface area (Å²) in [5, 5.41) is 0. The van der Waals surface area contributed by atoms with Crippen LogP contribution in [0.2, 0.25) is 0 Å². The van der Waals surface area contributed by atoms with E-state index in [2.05, 4.69) is 9.72 Å². The molecule has 0 fully saturated rings. The molecule has 0 saturated heterocycles. The molecule has 0 aliphatic carbocycles. The van der Waals surface area contributed by atoms with Gasteiger partial charge in [-0.2, -0.15) is 0 Å². The molecular formula is C7H6N2O5. The number of Topliss-reactive ketones (excluding diaryl/α,β-unsaturated/α-hetero) is 1. The Hall–Kier alpha value is -2.18. The van der Waals surface area contributed by atoms with Crippen molar-refractivity contribution in [2.24, 2.45) is 0 Å². The second-order valence-corrected chi connectivity index (χ2v) is 2.31. The zero-order valence-electron chi connectivity index (χ0n) is 7.12. The van der Waals surface area contributed by atoms with Crippen LogP contribution in [0.1, 0.15) is 10.4 Å². The van der Waals surface area contributed by atoms with Gasteiger partial charge in [0.1, 0.15) is 5.56 Å². The first-order valence-electron chi connectivity index (χ1n) is 3.51. The van der Waals surface area contributed by atoms with Crippen molar-refractivity contribution in [3.05, 3.63) is 32.6 Å². The summed E-state index contributed by atoms with van der Waals surface area (Å²) in [6.07, 6.45) is 0.862. The smallest absolute Gasteiger partial charge is 0.379 e. The highest BCUT2D eigenvalue weighted by molar-refractivity contribution is 6.40. The summed E-state index contributed by atoms with van der Waals surface area (Å²) in [6.45, 7) is 0. The standard InChI is InChI=1S/C7H6N2O5/c1-14-6(12)4(10)3-2-8-7(13)9-5(3)11/h2H,1H3,(H2,8,9,11,13). The Bertz CT molecular complexity index is 483. The van der Waals surface area contributed by atoms with Crippen molar-refractivity contribution < 1.29 is 14.3 Å². The fourth-order valence-corrected chi connectivity index (χ4v) is 0.781. The Morgan fingerprint density at radius 3 is 2.50 bits per heavy atom. The number of esters is 1. The SMILES string of the molecule is COC(=O)C(=O)c1c[nH]c(=O)[nH]c1=O. The average molecular weight is 198 g/mol. The Balaban J connectivity index is 3.21. The van der Waals surface area contributed by atoms with Gasteiger partial charge in [-0.25, -0.2) is 9.59 Å². The number of aromatic nitrogens is 2. The maximum absolute atomic E-state index is 11.1. The molecule has 0 aliphatic heterocycles. The predicted octanol–water partition coefficient (Wildman–Crippen LogP) is -1.58. The molecule has 0 bridgehead atoms. The number of ether oxygens (including phenoxy) is 1. The fourth-order valence-electron chi connectivity index (χ4n) is 0.781. The molecule has 1 aromatic rings. The van der Waals surface area contributed by atoms with Crippen LogP contribution in [0.5, 0.6) is 0 Å². The average Bonchev–Trinajstić information content (AvgIpc) is 2.15. The number of carbonyl (C=O) groups is 2. The van der Waals surface area contributed by atoms with E-state index in [0.29, 0.717) is 0 Å². The zero-order valence-corrected chi connectivity index (χ0v) is 7.12. The molecule has 0 radical (unpaired) electrons. The molecule has 7 heteroatoms. The molecule has 0 aliphatic rings. The summed E-state index contributed by atoms with van der Waals surface area (Å²) in [4.78, 5) is 47.3. The third-order valence-corrected chi connectivity index (χ3v) is 1.43. The molecule has 0 aromatic carbocycles. The van der Waals surface area contributed by atoms with E-state index in [1.807, 2.05) is 0 Å². The first kappa shape index (κ1) is 9.90. The van der Waals surface area contributed by atoms with Crippen molar-refractivity contribution >= 4 is 11.8 Å². The molecule has 14 heavy (non-hydrogen) atoms. The van der Waals surface area contributed by atoms with Crippen LogP contribution < -0.4 is 11.2 Å². The molecule has 0 amide bonds. The summed E-state index contributed by atoms with van der Waals surface area (Å²) in [5.41, 5.74) is -2.14. The monoisotopic (exact) mass is 198 g/mol. The molecule has 0 saturated carbocycles. The molecule has 7 nitrogen and oxygen atoms in total. The van der Waals surface area contributed by atoms with E-state index < -0.39 is 28.6 Å². The Morgan fingerprint density at radius 1 is 1.36 bits per heavy atom. The van der Waals surface area contributed by atoms with Crippen molar-refractivity contribution in [1.29, 1.82) is 0 Å². The molecule has 0 spiro atoms. The van der Waals surface area contributed by atoms with Crippen molar-refractivity contribution in [3.63, 3.8) is 0 Å². The van der Waals surface area contributed by atoms with Crippen LogP contribution in [0.3, 0.4) is 0 Å². The maximum Gasteiger partial charge on any atom is 0.379 e. The highest BCUT2D eigenvalue weighted by atomic mass is 16.5. The number of hydrogen-bond donors (Lipinski definition) is 2. The topological polar surface area (TPSA) is 109 Å². The van der Waals surface area contributed by atoms with Crippen molar-refractivity contribution in [2.45, 2.75) is 0 Å². The minimum atomic E-state index is -1.16. The number of ketones is 1. The van der Waals surface area contributed by atoms with E-state index in [-0.39, 0.29) is 0 Å². The first-order valence-corrected chi connectivity index (χ1v) is 3.51. The third-order valence-electron chi connectivity index (χ3n) is 1.43. The quantitative estimate of drug-likeness (QED) is 0.338. The van der Waals surface area contributed by atoms with Crippen molar-refractivity contribution in [1.82, 2.24) is 9.97 Å². The minimum Gasteiger partial charge on any atom is -0.463 e. The van der Waals surface area contributed by atoms with Gasteiger partial charge in [-0.15, -0.1) is 0 Å². The van der Waals surface area contributed by atoms with E-state index in [1.54, 1.807) is 4.98 Å². The number of H-pyrrole nitrogens is 2. The first-order chi connectivity index (χ1) is 6.56. The lowest BCUT2D eigenvalue weighted by molar-refractivity contribution is -0.135. The predicted molar refractivity (Wildman–Crippen MR) is 44.0 cm³/mol. The van der Waals surface area contributed by atoms with Crippen LogP contribution in [-0.4, -0.2) is 28.8 Å². The van der Waals surface area contributed by atoms with Gasteiger partial charge in [0.2, 0.25) is 0 Å². The summed E-state index contributed by atoms with van der Waals surface area (Å²) in [7, 11) is 1.01. The van der Waals surface area contributed by atoms with Gasteiger partial charge in [0.05, 0.1) is 7.11 Å². The number of hydrogen-bond acceptors (Lipinski definition) is 5. The minimum absolute atomic E-state index is 0.462. The van der Waals surface area contributed by atoms with Gasteiger partial charge >= 0.3 is 11.7 Å². The van der Waals surface area contributed by atoms with Gasteiger partial charge < -0.3 is 9.72 Å². The number of carbonyl (C=O) groups excluding carboxylic acids is 2. The van der Waals surface area contributed by atoms with Crippen LogP contribution in [-0.2, 0) is 9.53 Å². The van der Waals surface area contributed by atoms with E-state index in [1.165, 1.54) is 0 Å². The Labute approximate surface area is 76.7 Å². The summed E-state index contributed by atoms with van der Waals surface area (Å²) < 4.78 is 4.12. The number of rotatable bonds is 2. The van der Waals surface area contributed by atoms with E-state index in [4.69, 9.17) is 0 Å². The van der Waals surface area contributed by atoms with Crippen LogP contribution in [0.25, 0.3) is 0 Å². The van der Waals surface area contributed by atoms with Crippen molar-refractivity contribution in [2.75, 3.05) is 7.11 Å². The normalized spacial score (nSPS) is 9.50. The highest BCUT2D eigenvalue weighted by Gasteiger charge is 2.19. The van der Waals surface area contributed by atoms with Gasteiger partial charge in [0, 0.05) is 6.20 Å². The third kappa shape index (κ3) is 1.76. The van der Waals surface area contributed by atoms with Crippen LogP contribution in [0.4, 0.5) is 0 Å². The summed E-state index contributed by atoms with van der Waals surface area (Å²) in [5.74, 6) is -2.27. The second kappa shape index (κ2) is 3.69. The van der Waals surface area contributed by atoms with E-state index >= 15 is 0 Å². The highest BCUT2D eigenvalue weighted by Crippen LogP contribution is 1.90. The summed E-state index contributed by atoms with van der Waals surface area (Å²) in [6, 6.07) is 0. The molecule has 0 atom stereocenters. The lowest BCUT2D eigenvalue weighted by Gasteiger charge is -1.95. The van der Waals surface area contributed by atoms with Gasteiger partial charge in [-0.1, -0.05) is 0 Å². The molecule has 0 unspecified atom stereocenters. The van der Waals surface area contributed by atoms with E-state index in [9.17, 15) is 19.2 Å². The number of nitrogens with one attached hydrogen (secondary N) is 2. The van der Waals surface area contributed by atoms with Gasteiger partial charge in [0.15, 0.2) is 0 Å². The van der Waals surface area contributed by atoms with Crippen LogP contribution >= 0.6 is 0 Å². The molecule has 74 valence electrons. The molecular weight excluding hydrogens is 192 g/mol. The summed E-state index contributed by atoms with van der Waals surface area (Å²) >= 11 is 0. The molecule has 2 N–H and O–H groups in total. The lowest BCUT2D eigenvalue weighted by atomic mass is 10.2. The van der Waals surface area contributed by atoms with Gasteiger partial charge in [-0.05, 0) is 0 Å². The van der Waals surface area contributed by atoms with Crippen molar-refractivity contribution in [3.8, 4) is 0 Å². The van der Waals surface area contributed by atoms with E-state index in [0.717, 1.165) is 13.3 Å². The lowest BCUT2D eigenvalue weighted by Crippen LogP contribution is -2.30. The molecule has 1 aromatic heterocycles. The van der Waals surface area contributed by atoms with Gasteiger partial charge in [-0.3, -0.25) is 14.6 Å². The second-order valence-electron chi connectivity index (χ2n) is 2.31. The maximum atomic E-state index is 11.1. The number of aromatic amines is 2. The molecule has 1 heterocycles. The van der Waals surface area contributed by atoms with Crippen LogP contribution in [0.15, 0.2) is 15.8 Å².